The number of carbonyl (C=O) groups excluding carboxylic acids is 1. The molecule has 0 radical (unpaired) electrons. The van der Waals surface area contributed by atoms with Crippen molar-refractivity contribution >= 4 is 40.7 Å². The first-order valence-electron chi connectivity index (χ1n) is 5.39. The van der Waals surface area contributed by atoms with Crippen molar-refractivity contribution in [1.29, 1.82) is 0 Å². The zero-order valence-electron chi connectivity index (χ0n) is 9.88. The van der Waals surface area contributed by atoms with Crippen molar-refractivity contribution in [1.82, 2.24) is 5.32 Å². The van der Waals surface area contributed by atoms with Crippen molar-refractivity contribution in [3.05, 3.63) is 33.8 Å². The number of rotatable bonds is 6. The lowest BCUT2D eigenvalue weighted by atomic mass is 10.1. The molecule has 0 saturated carbocycles. The number of amides is 1. The van der Waals surface area contributed by atoms with Crippen LogP contribution in [0.2, 0.25) is 10.0 Å². The number of benzene rings is 1. The summed E-state index contributed by atoms with van der Waals surface area (Å²) >= 11 is 17.5. The second-order valence-electron chi connectivity index (χ2n) is 3.73. The minimum atomic E-state index is -0.283. The lowest BCUT2D eigenvalue weighted by molar-refractivity contribution is 0.0895. The Morgan fingerprint density at radius 1 is 1.44 bits per heavy atom. The molecule has 1 aromatic carbocycles. The normalized spacial score (nSPS) is 12.2. The largest absolute Gasteiger partial charge is 0.383 e. The van der Waals surface area contributed by atoms with Gasteiger partial charge in [0.15, 0.2) is 0 Å². The van der Waals surface area contributed by atoms with Gasteiger partial charge in [0.2, 0.25) is 0 Å². The third-order valence-corrected chi connectivity index (χ3v) is 3.12. The van der Waals surface area contributed by atoms with Gasteiger partial charge in [-0.25, -0.2) is 0 Å². The molecule has 0 bridgehead atoms. The Balaban J connectivity index is 2.76. The highest BCUT2D eigenvalue weighted by Crippen LogP contribution is 2.20. The Bertz CT molecular complexity index is 406. The summed E-state index contributed by atoms with van der Waals surface area (Å²) in [7, 11) is 1.57. The summed E-state index contributed by atoms with van der Waals surface area (Å²) in [6.07, 6.45) is 0.624. The summed E-state index contributed by atoms with van der Waals surface area (Å²) in [5.74, 6) is 0.159. The average Bonchev–Trinajstić information content (AvgIpc) is 2.33. The first kappa shape index (κ1) is 15.6. The van der Waals surface area contributed by atoms with E-state index in [2.05, 4.69) is 5.32 Å². The van der Waals surface area contributed by atoms with E-state index >= 15 is 0 Å². The molecule has 0 aliphatic rings. The number of carbonyl (C=O) groups is 1. The van der Waals surface area contributed by atoms with Gasteiger partial charge in [-0.15, -0.1) is 11.6 Å². The lowest BCUT2D eigenvalue weighted by Gasteiger charge is -2.17. The van der Waals surface area contributed by atoms with Crippen molar-refractivity contribution < 1.29 is 9.53 Å². The Labute approximate surface area is 121 Å². The number of halogens is 3. The van der Waals surface area contributed by atoms with Crippen molar-refractivity contribution in [2.45, 2.75) is 12.5 Å². The number of ether oxygens (including phenoxy) is 1. The number of alkyl halides is 1. The van der Waals surface area contributed by atoms with Gasteiger partial charge in [0, 0.05) is 18.0 Å². The van der Waals surface area contributed by atoms with Gasteiger partial charge < -0.3 is 10.1 Å². The van der Waals surface area contributed by atoms with Crippen molar-refractivity contribution in [2.24, 2.45) is 0 Å². The SMILES string of the molecule is COCC(CCCl)NC(=O)c1cc(Cl)ccc1Cl. The summed E-state index contributed by atoms with van der Waals surface area (Å²) in [5, 5.41) is 3.63. The molecule has 1 atom stereocenters. The molecule has 1 unspecified atom stereocenters. The van der Waals surface area contributed by atoms with E-state index in [0.717, 1.165) is 0 Å². The molecular weight excluding hydrogens is 296 g/mol. The molecule has 1 rings (SSSR count). The van der Waals surface area contributed by atoms with Gasteiger partial charge in [0.25, 0.3) is 5.91 Å². The van der Waals surface area contributed by atoms with E-state index in [-0.39, 0.29) is 11.9 Å². The number of methoxy groups -OCH3 is 1. The van der Waals surface area contributed by atoms with Gasteiger partial charge in [-0.05, 0) is 24.6 Å². The summed E-state index contributed by atoms with van der Waals surface area (Å²) < 4.78 is 5.01. The fraction of sp³-hybridized carbons (Fsp3) is 0.417. The van der Waals surface area contributed by atoms with Crippen LogP contribution >= 0.6 is 34.8 Å². The smallest absolute Gasteiger partial charge is 0.253 e. The van der Waals surface area contributed by atoms with Crippen LogP contribution in [0.5, 0.6) is 0 Å². The Kier molecular flexibility index (Phi) is 6.79. The lowest BCUT2D eigenvalue weighted by Crippen LogP contribution is -2.38. The van der Waals surface area contributed by atoms with Crippen LogP contribution in [0.25, 0.3) is 0 Å². The highest BCUT2D eigenvalue weighted by molar-refractivity contribution is 6.35. The number of hydrogen-bond donors (Lipinski definition) is 1. The topological polar surface area (TPSA) is 38.3 Å². The van der Waals surface area contributed by atoms with Crippen LogP contribution in [0.4, 0.5) is 0 Å². The summed E-state index contributed by atoms with van der Waals surface area (Å²) in [6, 6.07) is 4.61. The zero-order valence-corrected chi connectivity index (χ0v) is 12.1. The molecule has 18 heavy (non-hydrogen) atoms. The predicted octanol–water partition coefficient (Wildman–Crippen LogP) is 3.37. The molecule has 0 aliphatic carbocycles. The zero-order chi connectivity index (χ0) is 13.5. The number of hydrogen-bond acceptors (Lipinski definition) is 2. The first-order valence-corrected chi connectivity index (χ1v) is 6.68. The third kappa shape index (κ3) is 4.65. The second-order valence-corrected chi connectivity index (χ2v) is 4.95. The van der Waals surface area contributed by atoms with E-state index in [4.69, 9.17) is 39.5 Å². The minimum absolute atomic E-state index is 0.143. The fourth-order valence-corrected chi connectivity index (χ4v) is 2.10. The molecule has 0 heterocycles. The van der Waals surface area contributed by atoms with Gasteiger partial charge in [0.05, 0.1) is 23.2 Å². The average molecular weight is 311 g/mol. The monoisotopic (exact) mass is 309 g/mol. The molecule has 0 spiro atoms. The van der Waals surface area contributed by atoms with Gasteiger partial charge in [-0.1, -0.05) is 23.2 Å². The molecule has 6 heteroatoms. The van der Waals surface area contributed by atoms with Crippen LogP contribution < -0.4 is 5.32 Å². The third-order valence-electron chi connectivity index (χ3n) is 2.33. The maximum absolute atomic E-state index is 12.0. The highest BCUT2D eigenvalue weighted by atomic mass is 35.5. The predicted molar refractivity (Wildman–Crippen MR) is 74.9 cm³/mol. The Morgan fingerprint density at radius 2 is 2.17 bits per heavy atom. The van der Waals surface area contributed by atoms with Gasteiger partial charge in [-0.3, -0.25) is 4.79 Å². The fourth-order valence-electron chi connectivity index (χ4n) is 1.46. The molecule has 0 aliphatic heterocycles. The van der Waals surface area contributed by atoms with Crippen molar-refractivity contribution in [3.63, 3.8) is 0 Å². The highest BCUT2D eigenvalue weighted by Gasteiger charge is 2.16. The van der Waals surface area contributed by atoms with Gasteiger partial charge >= 0.3 is 0 Å². The number of nitrogens with one attached hydrogen (secondary N) is 1. The van der Waals surface area contributed by atoms with Crippen molar-refractivity contribution in [3.8, 4) is 0 Å². The Hall–Kier alpha value is -0.480. The maximum atomic E-state index is 12.0. The molecule has 100 valence electrons. The van der Waals surface area contributed by atoms with Gasteiger partial charge in [0.1, 0.15) is 0 Å². The minimum Gasteiger partial charge on any atom is -0.383 e. The van der Waals surface area contributed by atoms with Crippen LogP contribution in [-0.4, -0.2) is 31.5 Å². The van der Waals surface area contributed by atoms with E-state index < -0.39 is 0 Å². The van der Waals surface area contributed by atoms with Crippen LogP contribution in [0.15, 0.2) is 18.2 Å². The van der Waals surface area contributed by atoms with E-state index in [9.17, 15) is 4.79 Å². The molecule has 0 saturated heterocycles. The first-order chi connectivity index (χ1) is 8.58. The van der Waals surface area contributed by atoms with Crippen LogP contribution in [-0.2, 0) is 4.74 Å². The quantitative estimate of drug-likeness (QED) is 0.818. The Morgan fingerprint density at radius 3 is 2.78 bits per heavy atom. The van der Waals surface area contributed by atoms with E-state index in [0.29, 0.717) is 34.5 Å². The molecule has 3 nitrogen and oxygen atoms in total. The van der Waals surface area contributed by atoms with Crippen LogP contribution in [0.1, 0.15) is 16.8 Å². The molecule has 0 aromatic heterocycles. The summed E-state index contributed by atoms with van der Waals surface area (Å²) in [5.41, 5.74) is 0.347. The molecule has 1 N–H and O–H groups in total. The second kappa shape index (κ2) is 7.85. The molecular formula is C12H14Cl3NO2. The van der Waals surface area contributed by atoms with E-state index in [1.807, 2.05) is 0 Å². The molecule has 0 fully saturated rings. The molecule has 1 amide bonds. The van der Waals surface area contributed by atoms with E-state index in [1.165, 1.54) is 6.07 Å². The maximum Gasteiger partial charge on any atom is 0.253 e. The van der Waals surface area contributed by atoms with Gasteiger partial charge in [-0.2, -0.15) is 0 Å². The summed E-state index contributed by atoms with van der Waals surface area (Å²) in [6.45, 7) is 0.399. The molecule has 1 aromatic rings. The standard InChI is InChI=1S/C12H14Cl3NO2/c1-18-7-9(4-5-13)16-12(17)10-6-8(14)2-3-11(10)15/h2-3,6,9H,4-5,7H2,1H3,(H,16,17). The summed E-state index contributed by atoms with van der Waals surface area (Å²) in [4.78, 5) is 12.0. The van der Waals surface area contributed by atoms with Crippen molar-refractivity contribution in [2.75, 3.05) is 19.6 Å². The van der Waals surface area contributed by atoms with E-state index in [1.54, 1.807) is 19.2 Å². The van der Waals surface area contributed by atoms with Crippen LogP contribution in [0, 0.1) is 0 Å². The van der Waals surface area contributed by atoms with Crippen LogP contribution in [0.3, 0.4) is 0 Å².